The van der Waals surface area contributed by atoms with Crippen LogP contribution in [0.1, 0.15) is 18.5 Å². The van der Waals surface area contributed by atoms with E-state index in [4.69, 9.17) is 9.47 Å². The number of rotatable bonds is 6. The quantitative estimate of drug-likeness (QED) is 0.873. The lowest BCUT2D eigenvalue weighted by molar-refractivity contribution is 0.350. The van der Waals surface area contributed by atoms with Crippen LogP contribution in [0.15, 0.2) is 41.6 Å². The molecule has 1 aromatic carbocycles. The average Bonchev–Trinajstić information content (AvgIpc) is 2.54. The number of nitrogens with zero attached hydrogens (tertiary/aromatic N) is 1. The summed E-state index contributed by atoms with van der Waals surface area (Å²) in [6.07, 6.45) is 3.12. The molecule has 2 aromatic rings. The summed E-state index contributed by atoms with van der Waals surface area (Å²) in [6, 6.07) is 4.91. The largest absolute Gasteiger partial charge is 0.493 e. The molecule has 1 N–H and O–H groups in total. The molecule has 0 aliphatic rings. The minimum Gasteiger partial charge on any atom is -0.493 e. The summed E-state index contributed by atoms with van der Waals surface area (Å²) in [5.74, 6) is -0.680. The predicted octanol–water partition coefficient (Wildman–Crippen LogP) is 2.28. The number of hydrogen-bond acceptors (Lipinski definition) is 5. The summed E-state index contributed by atoms with van der Waals surface area (Å²) in [7, 11) is -1.40. The fourth-order valence-electron chi connectivity index (χ4n) is 2.04. The van der Waals surface area contributed by atoms with E-state index in [2.05, 4.69) is 9.71 Å². The van der Waals surface area contributed by atoms with Crippen molar-refractivity contribution in [1.82, 2.24) is 9.71 Å². The summed E-state index contributed by atoms with van der Waals surface area (Å²) in [5, 5.41) is 0. The first-order valence-electron chi connectivity index (χ1n) is 6.73. The zero-order chi connectivity index (χ0) is 17.0. The maximum absolute atomic E-state index is 14.1. The van der Waals surface area contributed by atoms with Crippen LogP contribution in [0.25, 0.3) is 0 Å². The van der Waals surface area contributed by atoms with Crippen LogP contribution in [0, 0.1) is 5.82 Å². The molecule has 0 saturated carbocycles. The number of nitrogens with one attached hydrogen (secondary N) is 1. The van der Waals surface area contributed by atoms with Gasteiger partial charge in [0.25, 0.3) is 0 Å². The van der Waals surface area contributed by atoms with Crippen molar-refractivity contribution in [2.45, 2.75) is 17.9 Å². The Kier molecular flexibility index (Phi) is 5.17. The molecule has 0 saturated heterocycles. The number of hydrogen-bond donors (Lipinski definition) is 1. The highest BCUT2D eigenvalue weighted by atomic mass is 32.2. The topological polar surface area (TPSA) is 77.5 Å². The van der Waals surface area contributed by atoms with Gasteiger partial charge in [-0.15, -0.1) is 0 Å². The van der Waals surface area contributed by atoms with Crippen molar-refractivity contribution < 1.29 is 22.3 Å². The molecule has 6 nitrogen and oxygen atoms in total. The molecule has 0 aliphatic carbocycles. The summed E-state index contributed by atoms with van der Waals surface area (Å²) < 4.78 is 51.4. The van der Waals surface area contributed by atoms with Gasteiger partial charge in [0.15, 0.2) is 11.5 Å². The molecular weight excluding hydrogens is 323 g/mol. The van der Waals surface area contributed by atoms with Gasteiger partial charge in [0, 0.05) is 30.6 Å². The molecule has 0 bridgehead atoms. The van der Waals surface area contributed by atoms with Crippen LogP contribution in [0.5, 0.6) is 11.5 Å². The van der Waals surface area contributed by atoms with Gasteiger partial charge < -0.3 is 9.47 Å². The molecule has 0 fully saturated rings. The predicted molar refractivity (Wildman–Crippen MR) is 82.5 cm³/mol. The third-order valence-corrected chi connectivity index (χ3v) is 4.80. The molecule has 1 heterocycles. The first-order valence-corrected chi connectivity index (χ1v) is 8.21. The van der Waals surface area contributed by atoms with Crippen LogP contribution in [-0.4, -0.2) is 27.6 Å². The fraction of sp³-hybridized carbons (Fsp3) is 0.267. The van der Waals surface area contributed by atoms with Gasteiger partial charge >= 0.3 is 0 Å². The van der Waals surface area contributed by atoms with Crippen LogP contribution in [-0.2, 0) is 10.0 Å². The molecule has 0 radical (unpaired) electrons. The Morgan fingerprint density at radius 3 is 2.43 bits per heavy atom. The molecule has 0 amide bonds. The van der Waals surface area contributed by atoms with Gasteiger partial charge in [-0.05, 0) is 18.6 Å². The van der Waals surface area contributed by atoms with Crippen LogP contribution >= 0.6 is 0 Å². The second kappa shape index (κ2) is 6.93. The highest BCUT2D eigenvalue weighted by Crippen LogP contribution is 2.32. The van der Waals surface area contributed by atoms with E-state index in [-0.39, 0.29) is 11.5 Å². The normalized spacial score (nSPS) is 12.7. The van der Waals surface area contributed by atoms with Crippen molar-refractivity contribution in [3.8, 4) is 11.5 Å². The van der Waals surface area contributed by atoms with Crippen molar-refractivity contribution in [1.29, 1.82) is 0 Å². The maximum atomic E-state index is 14.1. The number of ether oxygens (including phenoxy) is 2. The smallest absolute Gasteiger partial charge is 0.244 e. The number of pyridine rings is 1. The standard InChI is InChI=1S/C15H17FN2O4S/c1-10(11-5-4-6-17-9-11)18-23(19,20)15-8-14(22-3)13(21-2)7-12(15)16/h4-10,18H,1-3H3/t10-/m0/s1. The lowest BCUT2D eigenvalue weighted by Crippen LogP contribution is -2.27. The van der Waals surface area contributed by atoms with E-state index in [0.717, 1.165) is 12.1 Å². The van der Waals surface area contributed by atoms with E-state index in [1.165, 1.54) is 20.4 Å². The van der Waals surface area contributed by atoms with Crippen molar-refractivity contribution in [3.05, 3.63) is 48.0 Å². The number of sulfonamides is 1. The highest BCUT2D eigenvalue weighted by molar-refractivity contribution is 7.89. The summed E-state index contributed by atoms with van der Waals surface area (Å²) >= 11 is 0. The average molecular weight is 340 g/mol. The van der Waals surface area contributed by atoms with Gasteiger partial charge in [-0.2, -0.15) is 0 Å². The molecule has 1 atom stereocenters. The number of benzene rings is 1. The summed E-state index contributed by atoms with van der Waals surface area (Å²) in [4.78, 5) is 3.42. The molecule has 124 valence electrons. The van der Waals surface area contributed by atoms with Crippen LogP contribution < -0.4 is 14.2 Å². The summed E-state index contributed by atoms with van der Waals surface area (Å²) in [5.41, 5.74) is 0.664. The van der Waals surface area contributed by atoms with E-state index in [0.29, 0.717) is 5.56 Å². The molecule has 23 heavy (non-hydrogen) atoms. The monoisotopic (exact) mass is 340 g/mol. The van der Waals surface area contributed by atoms with Crippen LogP contribution in [0.2, 0.25) is 0 Å². The second-order valence-electron chi connectivity index (χ2n) is 4.77. The highest BCUT2D eigenvalue weighted by Gasteiger charge is 2.24. The number of methoxy groups -OCH3 is 2. The number of halogens is 1. The van der Waals surface area contributed by atoms with E-state index in [1.807, 2.05) is 0 Å². The Balaban J connectivity index is 2.36. The minimum absolute atomic E-state index is 0.115. The zero-order valence-electron chi connectivity index (χ0n) is 12.9. The Bertz CT molecular complexity index is 782. The van der Waals surface area contributed by atoms with Crippen molar-refractivity contribution in [3.63, 3.8) is 0 Å². The SMILES string of the molecule is COc1cc(F)c(S(=O)(=O)N[C@@H](C)c2cccnc2)cc1OC. The van der Waals surface area contributed by atoms with Gasteiger partial charge in [0.05, 0.1) is 14.2 Å². The second-order valence-corrected chi connectivity index (χ2v) is 6.45. The molecule has 8 heteroatoms. The van der Waals surface area contributed by atoms with Crippen molar-refractivity contribution >= 4 is 10.0 Å². The third-order valence-electron chi connectivity index (χ3n) is 3.24. The first kappa shape index (κ1) is 17.2. The van der Waals surface area contributed by atoms with Crippen molar-refractivity contribution in [2.24, 2.45) is 0 Å². The molecule has 0 unspecified atom stereocenters. The van der Waals surface area contributed by atoms with Crippen LogP contribution in [0.4, 0.5) is 4.39 Å². The zero-order valence-corrected chi connectivity index (χ0v) is 13.7. The molecule has 1 aromatic heterocycles. The Morgan fingerprint density at radius 1 is 1.22 bits per heavy atom. The van der Waals surface area contributed by atoms with E-state index < -0.39 is 26.8 Å². The maximum Gasteiger partial charge on any atom is 0.244 e. The number of aromatic nitrogens is 1. The fourth-order valence-corrected chi connectivity index (χ4v) is 3.34. The third kappa shape index (κ3) is 3.77. The van der Waals surface area contributed by atoms with Gasteiger partial charge in [-0.3, -0.25) is 4.98 Å². The van der Waals surface area contributed by atoms with E-state index >= 15 is 0 Å². The molecule has 0 spiro atoms. The van der Waals surface area contributed by atoms with Gasteiger partial charge in [0.1, 0.15) is 10.7 Å². The lowest BCUT2D eigenvalue weighted by atomic mass is 10.2. The lowest BCUT2D eigenvalue weighted by Gasteiger charge is -2.16. The Labute approximate surface area is 134 Å². The Morgan fingerprint density at radius 2 is 1.87 bits per heavy atom. The minimum atomic E-state index is -4.08. The van der Waals surface area contributed by atoms with E-state index in [9.17, 15) is 12.8 Å². The van der Waals surface area contributed by atoms with Gasteiger partial charge in [0.2, 0.25) is 10.0 Å². The van der Waals surface area contributed by atoms with Gasteiger partial charge in [-0.25, -0.2) is 17.5 Å². The van der Waals surface area contributed by atoms with Gasteiger partial charge in [-0.1, -0.05) is 6.07 Å². The summed E-state index contributed by atoms with van der Waals surface area (Å²) in [6.45, 7) is 1.65. The first-order chi connectivity index (χ1) is 10.9. The molecular formula is C15H17FN2O4S. The van der Waals surface area contributed by atoms with E-state index in [1.54, 1.807) is 25.3 Å². The Hall–Kier alpha value is -2.19. The molecule has 2 rings (SSSR count). The molecule has 0 aliphatic heterocycles. The van der Waals surface area contributed by atoms with Crippen molar-refractivity contribution in [2.75, 3.05) is 14.2 Å². The van der Waals surface area contributed by atoms with Crippen LogP contribution in [0.3, 0.4) is 0 Å².